The van der Waals surface area contributed by atoms with E-state index in [1.54, 1.807) is 16.7 Å². The van der Waals surface area contributed by atoms with Crippen molar-refractivity contribution in [2.75, 3.05) is 5.32 Å². The van der Waals surface area contributed by atoms with Gasteiger partial charge in [-0.15, -0.1) is 0 Å². The molecule has 3 heterocycles. The molecular weight excluding hydrogens is 312 g/mol. The average molecular weight is 323 g/mol. The third-order valence-corrected chi connectivity index (χ3v) is 3.48. The fourth-order valence-electron chi connectivity index (χ4n) is 2.38. The van der Waals surface area contributed by atoms with Crippen molar-refractivity contribution < 1.29 is 8.78 Å². The van der Waals surface area contributed by atoms with Gasteiger partial charge in [-0.2, -0.15) is 0 Å². The molecule has 5 nitrogen and oxygen atoms in total. The minimum atomic E-state index is -0.628. The minimum Gasteiger partial charge on any atom is -0.338 e. The van der Waals surface area contributed by atoms with Crippen LogP contribution in [-0.2, 0) is 0 Å². The van der Waals surface area contributed by atoms with Gasteiger partial charge in [-0.1, -0.05) is 12.1 Å². The highest BCUT2D eigenvalue weighted by atomic mass is 19.1. The van der Waals surface area contributed by atoms with E-state index in [0.717, 1.165) is 11.8 Å². The van der Waals surface area contributed by atoms with Crippen LogP contribution in [0.3, 0.4) is 0 Å². The number of hydrogen-bond donors (Lipinski definition) is 1. The first-order chi connectivity index (χ1) is 11.7. The summed E-state index contributed by atoms with van der Waals surface area (Å²) in [5.41, 5.74) is 1.77. The zero-order valence-electron chi connectivity index (χ0n) is 12.3. The molecular formula is C17H11F2N5. The van der Waals surface area contributed by atoms with Gasteiger partial charge >= 0.3 is 0 Å². The Morgan fingerprint density at radius 3 is 2.75 bits per heavy atom. The fourth-order valence-corrected chi connectivity index (χ4v) is 2.38. The summed E-state index contributed by atoms with van der Waals surface area (Å²) >= 11 is 0. The highest BCUT2D eigenvalue weighted by molar-refractivity contribution is 5.61. The second-order valence-corrected chi connectivity index (χ2v) is 5.10. The molecule has 0 unspecified atom stereocenters. The van der Waals surface area contributed by atoms with Crippen molar-refractivity contribution in [2.45, 2.75) is 0 Å². The van der Waals surface area contributed by atoms with Crippen molar-refractivity contribution in [3.8, 4) is 11.5 Å². The SMILES string of the molecule is Fc1cccc(Nc2nc(-c3cnc4ccccn34)ncc2F)c1. The summed E-state index contributed by atoms with van der Waals surface area (Å²) in [5.74, 6) is -0.765. The van der Waals surface area contributed by atoms with Crippen LogP contribution >= 0.6 is 0 Å². The molecule has 3 aromatic heterocycles. The molecule has 0 aliphatic heterocycles. The molecule has 0 aliphatic rings. The van der Waals surface area contributed by atoms with E-state index in [2.05, 4.69) is 20.3 Å². The number of hydrogen-bond acceptors (Lipinski definition) is 4. The number of pyridine rings is 1. The summed E-state index contributed by atoms with van der Waals surface area (Å²) in [6.07, 6.45) is 4.52. The molecule has 1 aromatic carbocycles. The Morgan fingerprint density at radius 2 is 1.88 bits per heavy atom. The van der Waals surface area contributed by atoms with Crippen LogP contribution in [0.4, 0.5) is 20.3 Å². The first-order valence-corrected chi connectivity index (χ1v) is 7.18. The maximum absolute atomic E-state index is 14.0. The molecule has 0 saturated heterocycles. The summed E-state index contributed by atoms with van der Waals surface area (Å²) in [7, 11) is 0. The highest BCUT2D eigenvalue weighted by Crippen LogP contribution is 2.22. The molecule has 7 heteroatoms. The van der Waals surface area contributed by atoms with Gasteiger partial charge in [0.25, 0.3) is 0 Å². The van der Waals surface area contributed by atoms with Gasteiger partial charge in [0.2, 0.25) is 0 Å². The number of fused-ring (bicyclic) bond motifs is 1. The molecule has 0 amide bonds. The normalized spacial score (nSPS) is 10.9. The van der Waals surface area contributed by atoms with Crippen molar-refractivity contribution in [3.63, 3.8) is 0 Å². The highest BCUT2D eigenvalue weighted by Gasteiger charge is 2.12. The monoisotopic (exact) mass is 323 g/mol. The number of anilines is 2. The number of benzene rings is 1. The summed E-state index contributed by atoms with van der Waals surface area (Å²) in [6, 6.07) is 11.3. The van der Waals surface area contributed by atoms with Crippen molar-refractivity contribution in [2.24, 2.45) is 0 Å². The molecule has 0 saturated carbocycles. The van der Waals surface area contributed by atoms with Crippen LogP contribution in [0.15, 0.2) is 61.1 Å². The summed E-state index contributed by atoms with van der Waals surface area (Å²) in [4.78, 5) is 12.5. The molecule has 24 heavy (non-hydrogen) atoms. The molecule has 0 atom stereocenters. The van der Waals surface area contributed by atoms with Gasteiger partial charge in [0.1, 0.15) is 17.2 Å². The van der Waals surface area contributed by atoms with E-state index in [0.29, 0.717) is 17.2 Å². The van der Waals surface area contributed by atoms with Crippen molar-refractivity contribution in [1.82, 2.24) is 19.4 Å². The Hall–Kier alpha value is -3.35. The minimum absolute atomic E-state index is 0.0310. The van der Waals surface area contributed by atoms with E-state index in [9.17, 15) is 8.78 Å². The Balaban J connectivity index is 1.76. The van der Waals surface area contributed by atoms with E-state index in [4.69, 9.17) is 0 Å². The van der Waals surface area contributed by atoms with Crippen LogP contribution in [0.5, 0.6) is 0 Å². The van der Waals surface area contributed by atoms with Crippen LogP contribution in [0, 0.1) is 11.6 Å². The van der Waals surface area contributed by atoms with E-state index >= 15 is 0 Å². The van der Waals surface area contributed by atoms with Gasteiger partial charge < -0.3 is 5.32 Å². The summed E-state index contributed by atoms with van der Waals surface area (Å²) in [6.45, 7) is 0. The number of nitrogens with one attached hydrogen (secondary N) is 1. The van der Waals surface area contributed by atoms with E-state index in [1.807, 2.05) is 24.4 Å². The third-order valence-electron chi connectivity index (χ3n) is 3.48. The van der Waals surface area contributed by atoms with Crippen LogP contribution < -0.4 is 5.32 Å². The Morgan fingerprint density at radius 1 is 0.958 bits per heavy atom. The first-order valence-electron chi connectivity index (χ1n) is 7.18. The van der Waals surface area contributed by atoms with Crippen LogP contribution in [0.25, 0.3) is 17.2 Å². The Bertz CT molecular complexity index is 1030. The molecule has 4 aromatic rings. The number of halogens is 2. The Labute approximate surface area is 135 Å². The average Bonchev–Trinajstić information content (AvgIpc) is 3.01. The van der Waals surface area contributed by atoms with E-state index in [-0.39, 0.29) is 5.82 Å². The standard InChI is InChI=1S/C17H11F2N5/c18-11-4-3-5-12(8-11)22-16-13(19)9-21-17(23-16)14-10-20-15-6-1-2-7-24(14)15/h1-10H,(H,21,22,23). The molecule has 118 valence electrons. The lowest BCUT2D eigenvalue weighted by Crippen LogP contribution is -2.02. The smallest absolute Gasteiger partial charge is 0.184 e. The number of rotatable bonds is 3. The van der Waals surface area contributed by atoms with Crippen molar-refractivity contribution in [3.05, 3.63) is 72.7 Å². The van der Waals surface area contributed by atoms with Crippen LogP contribution in [0.2, 0.25) is 0 Å². The second kappa shape index (κ2) is 5.69. The molecule has 0 fully saturated rings. The lowest BCUT2D eigenvalue weighted by molar-refractivity contribution is 0.618. The predicted octanol–water partition coefficient (Wildman–Crippen LogP) is 3.81. The molecule has 0 spiro atoms. The number of imidazole rings is 1. The maximum Gasteiger partial charge on any atom is 0.184 e. The Kier molecular flexibility index (Phi) is 3.38. The zero-order valence-corrected chi connectivity index (χ0v) is 12.3. The first kappa shape index (κ1) is 14.3. The molecule has 0 radical (unpaired) electrons. The fraction of sp³-hybridized carbons (Fsp3) is 0. The molecule has 0 bridgehead atoms. The second-order valence-electron chi connectivity index (χ2n) is 5.10. The predicted molar refractivity (Wildman–Crippen MR) is 85.9 cm³/mol. The molecule has 1 N–H and O–H groups in total. The molecule has 4 rings (SSSR count). The van der Waals surface area contributed by atoms with Crippen LogP contribution in [-0.4, -0.2) is 19.4 Å². The quantitative estimate of drug-likeness (QED) is 0.623. The summed E-state index contributed by atoms with van der Waals surface area (Å²) in [5, 5.41) is 2.77. The largest absolute Gasteiger partial charge is 0.338 e. The maximum atomic E-state index is 14.0. The van der Waals surface area contributed by atoms with E-state index < -0.39 is 11.6 Å². The van der Waals surface area contributed by atoms with Gasteiger partial charge in [0, 0.05) is 11.9 Å². The topological polar surface area (TPSA) is 55.1 Å². The lowest BCUT2D eigenvalue weighted by atomic mass is 10.3. The van der Waals surface area contributed by atoms with Gasteiger partial charge in [-0.25, -0.2) is 23.7 Å². The van der Waals surface area contributed by atoms with E-state index in [1.165, 1.54) is 18.2 Å². The zero-order chi connectivity index (χ0) is 16.5. The lowest BCUT2D eigenvalue weighted by Gasteiger charge is -2.08. The van der Waals surface area contributed by atoms with Crippen molar-refractivity contribution in [1.29, 1.82) is 0 Å². The van der Waals surface area contributed by atoms with Gasteiger partial charge in [-0.3, -0.25) is 4.40 Å². The third kappa shape index (κ3) is 2.56. The van der Waals surface area contributed by atoms with Gasteiger partial charge in [0.05, 0.1) is 12.4 Å². The number of nitrogens with zero attached hydrogens (tertiary/aromatic N) is 4. The van der Waals surface area contributed by atoms with Gasteiger partial charge in [-0.05, 0) is 30.3 Å². The number of aromatic nitrogens is 4. The summed E-state index contributed by atoms with van der Waals surface area (Å²) < 4.78 is 29.1. The van der Waals surface area contributed by atoms with Gasteiger partial charge in [0.15, 0.2) is 17.5 Å². The van der Waals surface area contributed by atoms with Crippen molar-refractivity contribution >= 4 is 17.2 Å². The molecule has 0 aliphatic carbocycles. The van der Waals surface area contributed by atoms with Crippen LogP contribution in [0.1, 0.15) is 0 Å².